The summed E-state index contributed by atoms with van der Waals surface area (Å²) < 4.78 is 26.7. The third kappa shape index (κ3) is 8.85. The molecule has 0 unspecified atom stereocenters. The Morgan fingerprint density at radius 1 is 0.811 bits per heavy atom. The van der Waals surface area contributed by atoms with E-state index in [2.05, 4.69) is 6.58 Å². The molecule has 1 aliphatic rings. The molecular weight excluding hydrogens is 476 g/mol. The molecule has 1 aliphatic carbocycles. The predicted octanol–water partition coefficient (Wildman–Crippen LogP) is 5.67. The standard InChI is InChI=1S/C29H28O8/c1-3-18-33-23-10-6-21(7-11-23)28(31)36-25-14-16-26(17-15-25)37-29(32)22-8-12-24(13-9-22)34-19-5-20-35-27(30)4-2/h3-4,6-14,16,18H,2,5,15,17,19-20H2,1H3/b18-3-. The second-order valence-electron chi connectivity index (χ2n) is 7.75. The number of carbonyl (C=O) groups excluding carboxylic acids is 3. The topological polar surface area (TPSA) is 97.4 Å². The fraction of sp³-hybridized carbons (Fsp3) is 0.207. The van der Waals surface area contributed by atoms with Gasteiger partial charge < -0.3 is 23.7 Å². The highest BCUT2D eigenvalue weighted by molar-refractivity contribution is 5.91. The van der Waals surface area contributed by atoms with Crippen LogP contribution in [-0.2, 0) is 19.0 Å². The van der Waals surface area contributed by atoms with E-state index in [4.69, 9.17) is 23.7 Å². The smallest absolute Gasteiger partial charge is 0.343 e. The van der Waals surface area contributed by atoms with Crippen molar-refractivity contribution >= 4 is 17.9 Å². The first-order valence-electron chi connectivity index (χ1n) is 11.7. The summed E-state index contributed by atoms with van der Waals surface area (Å²) in [5.74, 6) is 0.719. The number of rotatable bonds is 12. The summed E-state index contributed by atoms with van der Waals surface area (Å²) in [5, 5.41) is 0. The van der Waals surface area contributed by atoms with E-state index in [0.29, 0.717) is 60.0 Å². The maximum absolute atomic E-state index is 12.5. The van der Waals surface area contributed by atoms with Crippen molar-refractivity contribution in [1.82, 2.24) is 0 Å². The normalized spacial score (nSPS) is 12.7. The van der Waals surface area contributed by atoms with Crippen molar-refractivity contribution in [3.8, 4) is 11.5 Å². The van der Waals surface area contributed by atoms with Crippen LogP contribution in [0.15, 0.2) is 97.2 Å². The van der Waals surface area contributed by atoms with Crippen molar-refractivity contribution in [3.05, 3.63) is 108 Å². The molecule has 2 aromatic rings. The van der Waals surface area contributed by atoms with Gasteiger partial charge in [-0.1, -0.05) is 12.7 Å². The summed E-state index contributed by atoms with van der Waals surface area (Å²) >= 11 is 0. The molecule has 0 radical (unpaired) electrons. The molecule has 0 atom stereocenters. The van der Waals surface area contributed by atoms with E-state index >= 15 is 0 Å². The first-order chi connectivity index (χ1) is 18.0. The van der Waals surface area contributed by atoms with Gasteiger partial charge in [0.25, 0.3) is 0 Å². The summed E-state index contributed by atoms with van der Waals surface area (Å²) in [7, 11) is 0. The average molecular weight is 505 g/mol. The van der Waals surface area contributed by atoms with Gasteiger partial charge in [-0.25, -0.2) is 14.4 Å². The van der Waals surface area contributed by atoms with E-state index in [-0.39, 0.29) is 6.61 Å². The minimum absolute atomic E-state index is 0.236. The van der Waals surface area contributed by atoms with Gasteiger partial charge in [-0.2, -0.15) is 0 Å². The van der Waals surface area contributed by atoms with Crippen LogP contribution in [-0.4, -0.2) is 31.1 Å². The lowest BCUT2D eigenvalue weighted by Crippen LogP contribution is -2.10. The minimum atomic E-state index is -0.497. The molecule has 0 heterocycles. The maximum atomic E-state index is 12.5. The molecule has 0 saturated heterocycles. The first kappa shape index (κ1) is 27.0. The number of esters is 3. The fourth-order valence-corrected chi connectivity index (χ4v) is 3.11. The number of benzene rings is 2. The molecule has 8 heteroatoms. The Morgan fingerprint density at radius 2 is 1.35 bits per heavy atom. The van der Waals surface area contributed by atoms with Crippen LogP contribution in [0.4, 0.5) is 0 Å². The molecule has 37 heavy (non-hydrogen) atoms. The Kier molecular flexibility index (Phi) is 10.3. The van der Waals surface area contributed by atoms with Gasteiger partial charge in [-0.3, -0.25) is 0 Å². The highest BCUT2D eigenvalue weighted by atomic mass is 16.5. The van der Waals surface area contributed by atoms with E-state index in [1.54, 1.807) is 73.0 Å². The van der Waals surface area contributed by atoms with E-state index in [1.165, 1.54) is 0 Å². The summed E-state index contributed by atoms with van der Waals surface area (Å²) in [6.07, 6.45) is 9.03. The second kappa shape index (κ2) is 14.1. The van der Waals surface area contributed by atoms with Gasteiger partial charge >= 0.3 is 17.9 Å². The summed E-state index contributed by atoms with van der Waals surface area (Å²) in [4.78, 5) is 35.8. The van der Waals surface area contributed by atoms with Crippen LogP contribution in [0.1, 0.15) is 46.9 Å². The van der Waals surface area contributed by atoms with Gasteiger partial charge in [0.1, 0.15) is 23.0 Å². The van der Waals surface area contributed by atoms with Gasteiger partial charge in [0, 0.05) is 25.3 Å². The van der Waals surface area contributed by atoms with Crippen LogP contribution < -0.4 is 9.47 Å². The fourth-order valence-electron chi connectivity index (χ4n) is 3.11. The van der Waals surface area contributed by atoms with Crippen molar-refractivity contribution in [2.24, 2.45) is 0 Å². The molecule has 0 aliphatic heterocycles. The summed E-state index contributed by atoms with van der Waals surface area (Å²) in [6, 6.07) is 13.2. The first-order valence-corrected chi connectivity index (χ1v) is 11.7. The Hall–Kier alpha value is -4.59. The van der Waals surface area contributed by atoms with Gasteiger partial charge in [0.2, 0.25) is 0 Å². The predicted molar refractivity (Wildman–Crippen MR) is 136 cm³/mol. The van der Waals surface area contributed by atoms with Crippen LogP contribution >= 0.6 is 0 Å². The number of carbonyl (C=O) groups is 3. The van der Waals surface area contributed by atoms with Crippen LogP contribution in [0.2, 0.25) is 0 Å². The van der Waals surface area contributed by atoms with Crippen LogP contribution in [0.5, 0.6) is 11.5 Å². The Morgan fingerprint density at radius 3 is 1.84 bits per heavy atom. The zero-order valence-electron chi connectivity index (χ0n) is 20.5. The van der Waals surface area contributed by atoms with Gasteiger partial charge in [0.15, 0.2) is 0 Å². The van der Waals surface area contributed by atoms with Gasteiger partial charge in [-0.05, 0) is 67.6 Å². The molecule has 0 fully saturated rings. The highest BCUT2D eigenvalue weighted by Crippen LogP contribution is 2.23. The largest absolute Gasteiger partial charge is 0.493 e. The zero-order valence-corrected chi connectivity index (χ0v) is 20.5. The molecule has 0 aromatic heterocycles. The molecule has 8 nitrogen and oxygen atoms in total. The van der Waals surface area contributed by atoms with Gasteiger partial charge in [0.05, 0.1) is 30.6 Å². The van der Waals surface area contributed by atoms with E-state index in [9.17, 15) is 14.4 Å². The number of hydrogen-bond donors (Lipinski definition) is 0. The zero-order chi connectivity index (χ0) is 26.5. The third-order valence-corrected chi connectivity index (χ3v) is 5.01. The minimum Gasteiger partial charge on any atom is -0.493 e. The van der Waals surface area contributed by atoms with Crippen molar-refractivity contribution in [2.45, 2.75) is 26.2 Å². The quantitative estimate of drug-likeness (QED) is 0.120. The molecule has 2 aromatic carbocycles. The second-order valence-corrected chi connectivity index (χ2v) is 7.75. The molecule has 0 spiro atoms. The lowest BCUT2D eigenvalue weighted by atomic mass is 10.1. The molecule has 0 saturated carbocycles. The van der Waals surface area contributed by atoms with Crippen LogP contribution in [0.25, 0.3) is 0 Å². The number of ether oxygens (including phenoxy) is 5. The van der Waals surface area contributed by atoms with Gasteiger partial charge in [-0.15, -0.1) is 0 Å². The Labute approximate surface area is 215 Å². The highest BCUT2D eigenvalue weighted by Gasteiger charge is 2.17. The van der Waals surface area contributed by atoms with Crippen LogP contribution in [0.3, 0.4) is 0 Å². The monoisotopic (exact) mass is 504 g/mol. The molecular formula is C29H28O8. The Balaban J connectivity index is 1.45. The number of hydrogen-bond acceptors (Lipinski definition) is 8. The maximum Gasteiger partial charge on any atom is 0.343 e. The average Bonchev–Trinajstić information content (AvgIpc) is 2.93. The molecule has 0 bridgehead atoms. The lowest BCUT2D eigenvalue weighted by Gasteiger charge is -2.15. The van der Waals surface area contributed by atoms with Crippen molar-refractivity contribution in [3.63, 3.8) is 0 Å². The molecule has 3 rings (SSSR count). The molecule has 192 valence electrons. The van der Waals surface area contributed by atoms with E-state index < -0.39 is 17.9 Å². The van der Waals surface area contributed by atoms with Crippen molar-refractivity contribution in [2.75, 3.05) is 13.2 Å². The number of allylic oxidation sites excluding steroid dienone is 5. The summed E-state index contributed by atoms with van der Waals surface area (Å²) in [5.41, 5.74) is 0.773. The van der Waals surface area contributed by atoms with Crippen molar-refractivity contribution < 1.29 is 38.1 Å². The van der Waals surface area contributed by atoms with Crippen LogP contribution in [0, 0.1) is 0 Å². The van der Waals surface area contributed by atoms with E-state index in [0.717, 1.165) is 6.08 Å². The van der Waals surface area contributed by atoms with E-state index in [1.807, 2.05) is 6.92 Å². The molecule has 0 amide bonds. The molecule has 0 N–H and O–H groups in total. The van der Waals surface area contributed by atoms with Crippen molar-refractivity contribution in [1.29, 1.82) is 0 Å². The lowest BCUT2D eigenvalue weighted by molar-refractivity contribution is -0.137. The summed E-state index contributed by atoms with van der Waals surface area (Å²) in [6.45, 7) is 5.76. The third-order valence-electron chi connectivity index (χ3n) is 5.01. The Bertz CT molecular complexity index is 1190. The SMILES string of the molecule is C=CC(=O)OCCCOc1ccc(C(=O)OC2=CC=C(OC(=O)c3ccc(O/C=C\C)cc3)CC2)cc1.